The zero-order chi connectivity index (χ0) is 13.5. The molecule has 98 valence electrons. The molecular weight excluding hydrogens is 246 g/mol. The lowest BCUT2D eigenvalue weighted by Gasteiger charge is -2.24. The van der Waals surface area contributed by atoms with Gasteiger partial charge in [-0.05, 0) is 38.6 Å². The van der Waals surface area contributed by atoms with Crippen LogP contribution in [0.5, 0.6) is 0 Å². The van der Waals surface area contributed by atoms with Crippen LogP contribution in [0.2, 0.25) is 5.02 Å². The molecule has 1 unspecified atom stereocenters. The van der Waals surface area contributed by atoms with Gasteiger partial charge in [0, 0.05) is 19.1 Å². The standard InChI is InChI=1S/C14H20ClN3/c1-4-18(9-5-8-16)14-7-6-12(10-13(14)15)11(2)17-3/h6-7,10-11,17H,4-5,9H2,1-3H3. The van der Waals surface area contributed by atoms with Gasteiger partial charge in [-0.25, -0.2) is 0 Å². The van der Waals surface area contributed by atoms with E-state index in [1.807, 2.05) is 19.2 Å². The van der Waals surface area contributed by atoms with Crippen molar-refractivity contribution in [2.24, 2.45) is 0 Å². The van der Waals surface area contributed by atoms with Gasteiger partial charge >= 0.3 is 0 Å². The van der Waals surface area contributed by atoms with Gasteiger partial charge in [-0.15, -0.1) is 0 Å². The zero-order valence-electron chi connectivity index (χ0n) is 11.2. The summed E-state index contributed by atoms with van der Waals surface area (Å²) in [5.41, 5.74) is 2.17. The van der Waals surface area contributed by atoms with Gasteiger partial charge in [-0.2, -0.15) is 5.26 Å². The minimum absolute atomic E-state index is 0.283. The molecule has 4 heteroatoms. The lowest BCUT2D eigenvalue weighted by molar-refractivity contribution is 0.652. The summed E-state index contributed by atoms with van der Waals surface area (Å²) < 4.78 is 0. The molecule has 1 atom stereocenters. The lowest BCUT2D eigenvalue weighted by atomic mass is 10.1. The highest BCUT2D eigenvalue weighted by molar-refractivity contribution is 6.33. The summed E-state index contributed by atoms with van der Waals surface area (Å²) in [7, 11) is 1.93. The summed E-state index contributed by atoms with van der Waals surface area (Å²) in [6.45, 7) is 5.73. The summed E-state index contributed by atoms with van der Waals surface area (Å²) in [5.74, 6) is 0. The van der Waals surface area contributed by atoms with Crippen LogP contribution in [0, 0.1) is 11.3 Å². The second-order valence-electron chi connectivity index (χ2n) is 4.21. The Morgan fingerprint density at radius 1 is 1.50 bits per heavy atom. The fourth-order valence-corrected chi connectivity index (χ4v) is 2.16. The Morgan fingerprint density at radius 2 is 2.22 bits per heavy atom. The zero-order valence-corrected chi connectivity index (χ0v) is 12.0. The first-order valence-corrected chi connectivity index (χ1v) is 6.60. The van der Waals surface area contributed by atoms with E-state index in [9.17, 15) is 0 Å². The Kier molecular flexibility index (Phi) is 5.97. The van der Waals surface area contributed by atoms with Crippen LogP contribution in [0.1, 0.15) is 31.9 Å². The number of anilines is 1. The maximum atomic E-state index is 8.66. The Balaban J connectivity index is 2.93. The minimum Gasteiger partial charge on any atom is -0.370 e. The second kappa shape index (κ2) is 7.25. The molecule has 0 aliphatic heterocycles. The van der Waals surface area contributed by atoms with Crippen LogP contribution in [0.15, 0.2) is 18.2 Å². The Bertz CT molecular complexity index is 426. The largest absolute Gasteiger partial charge is 0.370 e. The van der Waals surface area contributed by atoms with Crippen LogP contribution < -0.4 is 10.2 Å². The van der Waals surface area contributed by atoms with E-state index in [1.54, 1.807) is 0 Å². The first-order chi connectivity index (χ1) is 8.63. The first kappa shape index (κ1) is 14.8. The molecule has 0 saturated carbocycles. The highest BCUT2D eigenvalue weighted by Gasteiger charge is 2.11. The maximum absolute atomic E-state index is 8.66. The highest BCUT2D eigenvalue weighted by Crippen LogP contribution is 2.29. The van der Waals surface area contributed by atoms with Crippen LogP contribution in [0.4, 0.5) is 5.69 Å². The first-order valence-electron chi connectivity index (χ1n) is 6.22. The van der Waals surface area contributed by atoms with Gasteiger partial charge < -0.3 is 10.2 Å². The van der Waals surface area contributed by atoms with Crippen molar-refractivity contribution in [1.82, 2.24) is 5.32 Å². The molecule has 0 spiro atoms. The summed E-state index contributed by atoms with van der Waals surface area (Å²) in [6.07, 6.45) is 0.513. The molecule has 1 aromatic rings. The van der Waals surface area contributed by atoms with Crippen LogP contribution in [-0.4, -0.2) is 20.1 Å². The fraction of sp³-hybridized carbons (Fsp3) is 0.500. The molecule has 0 fully saturated rings. The van der Waals surface area contributed by atoms with E-state index in [0.717, 1.165) is 17.3 Å². The van der Waals surface area contributed by atoms with Crippen molar-refractivity contribution in [2.45, 2.75) is 26.3 Å². The van der Waals surface area contributed by atoms with Crippen LogP contribution in [0.25, 0.3) is 0 Å². The number of hydrogen-bond donors (Lipinski definition) is 1. The third-order valence-corrected chi connectivity index (χ3v) is 3.42. The lowest BCUT2D eigenvalue weighted by Crippen LogP contribution is -2.24. The van der Waals surface area contributed by atoms with E-state index >= 15 is 0 Å². The minimum atomic E-state index is 0.283. The fourth-order valence-electron chi connectivity index (χ4n) is 1.85. The molecule has 1 aromatic carbocycles. The quantitative estimate of drug-likeness (QED) is 0.857. The van der Waals surface area contributed by atoms with Crippen molar-refractivity contribution in [1.29, 1.82) is 5.26 Å². The SMILES string of the molecule is CCN(CCC#N)c1ccc(C(C)NC)cc1Cl. The van der Waals surface area contributed by atoms with Gasteiger partial charge in [0.2, 0.25) is 0 Å². The molecule has 0 aliphatic rings. The topological polar surface area (TPSA) is 39.1 Å². The van der Waals surface area contributed by atoms with Gasteiger partial charge in [0.1, 0.15) is 0 Å². The van der Waals surface area contributed by atoms with E-state index in [4.69, 9.17) is 16.9 Å². The molecule has 1 N–H and O–H groups in total. The van der Waals surface area contributed by atoms with Crippen molar-refractivity contribution in [2.75, 3.05) is 25.0 Å². The molecule has 3 nitrogen and oxygen atoms in total. The third-order valence-electron chi connectivity index (χ3n) is 3.12. The second-order valence-corrected chi connectivity index (χ2v) is 4.62. The molecule has 0 heterocycles. The third kappa shape index (κ3) is 3.63. The number of hydrogen-bond acceptors (Lipinski definition) is 3. The summed E-state index contributed by atoms with van der Waals surface area (Å²) >= 11 is 6.33. The van der Waals surface area contributed by atoms with Crippen molar-refractivity contribution in [3.63, 3.8) is 0 Å². The number of rotatable bonds is 6. The van der Waals surface area contributed by atoms with Crippen molar-refractivity contribution < 1.29 is 0 Å². The van der Waals surface area contributed by atoms with Crippen LogP contribution >= 0.6 is 11.6 Å². The number of halogens is 1. The molecular formula is C14H20ClN3. The van der Waals surface area contributed by atoms with Gasteiger partial charge in [-0.1, -0.05) is 17.7 Å². The molecule has 0 aliphatic carbocycles. The van der Waals surface area contributed by atoms with E-state index < -0.39 is 0 Å². The smallest absolute Gasteiger partial charge is 0.0642 e. The summed E-state index contributed by atoms with van der Waals surface area (Å²) in [5, 5.41) is 12.6. The predicted octanol–water partition coefficient (Wildman–Crippen LogP) is 3.36. The number of nitrogens with one attached hydrogen (secondary N) is 1. The predicted molar refractivity (Wildman–Crippen MR) is 77.0 cm³/mol. The molecule has 0 saturated heterocycles. The van der Waals surface area contributed by atoms with Gasteiger partial charge in [0.25, 0.3) is 0 Å². The average Bonchev–Trinajstić information content (AvgIpc) is 2.40. The Hall–Kier alpha value is -1.24. The van der Waals surface area contributed by atoms with E-state index in [-0.39, 0.29) is 6.04 Å². The highest BCUT2D eigenvalue weighted by atomic mass is 35.5. The molecule has 0 aromatic heterocycles. The maximum Gasteiger partial charge on any atom is 0.0642 e. The summed E-state index contributed by atoms with van der Waals surface area (Å²) in [4.78, 5) is 2.12. The van der Waals surface area contributed by atoms with Crippen molar-refractivity contribution in [3.8, 4) is 6.07 Å². The van der Waals surface area contributed by atoms with Crippen LogP contribution in [0.3, 0.4) is 0 Å². The van der Waals surface area contributed by atoms with Gasteiger partial charge in [-0.3, -0.25) is 0 Å². The number of benzene rings is 1. The monoisotopic (exact) mass is 265 g/mol. The van der Waals surface area contributed by atoms with Crippen LogP contribution in [-0.2, 0) is 0 Å². The van der Waals surface area contributed by atoms with E-state index in [2.05, 4.69) is 36.2 Å². The number of nitriles is 1. The van der Waals surface area contributed by atoms with E-state index in [0.29, 0.717) is 13.0 Å². The molecule has 0 amide bonds. The van der Waals surface area contributed by atoms with Crippen molar-refractivity contribution >= 4 is 17.3 Å². The Morgan fingerprint density at radius 3 is 2.72 bits per heavy atom. The summed E-state index contributed by atoms with van der Waals surface area (Å²) in [6, 6.07) is 8.56. The average molecular weight is 266 g/mol. The van der Waals surface area contributed by atoms with Crippen molar-refractivity contribution in [3.05, 3.63) is 28.8 Å². The van der Waals surface area contributed by atoms with E-state index in [1.165, 1.54) is 5.56 Å². The molecule has 18 heavy (non-hydrogen) atoms. The Labute approximate surface area is 114 Å². The number of nitrogens with zero attached hydrogens (tertiary/aromatic N) is 2. The molecule has 0 bridgehead atoms. The normalized spacial score (nSPS) is 11.9. The van der Waals surface area contributed by atoms with Gasteiger partial charge in [0.05, 0.1) is 23.2 Å². The van der Waals surface area contributed by atoms with Gasteiger partial charge in [0.15, 0.2) is 0 Å². The molecule has 1 rings (SSSR count). The molecule has 0 radical (unpaired) electrons.